The molecule has 0 atom stereocenters. The van der Waals surface area contributed by atoms with Crippen molar-refractivity contribution in [1.82, 2.24) is 4.90 Å². The van der Waals surface area contributed by atoms with E-state index in [1.165, 1.54) is 4.90 Å². The van der Waals surface area contributed by atoms with Gasteiger partial charge in [0.2, 0.25) is 5.91 Å². The molecule has 4 nitrogen and oxygen atoms in total. The number of carbonyl (C=O) groups excluding carboxylic acids is 1. The number of amides is 1. The van der Waals surface area contributed by atoms with Gasteiger partial charge in [-0.3, -0.25) is 4.79 Å². The van der Waals surface area contributed by atoms with Gasteiger partial charge in [0.05, 0.1) is 12.0 Å². The van der Waals surface area contributed by atoms with E-state index in [4.69, 9.17) is 10.8 Å². The van der Waals surface area contributed by atoms with E-state index < -0.39 is 5.41 Å². The van der Waals surface area contributed by atoms with E-state index in [1.807, 2.05) is 0 Å². The third kappa shape index (κ3) is 2.79. The number of nitrogens with zero attached hydrogens (tertiary/aromatic N) is 1. The molecule has 0 spiro atoms. The number of hydrogen-bond donors (Lipinski definition) is 2. The first-order chi connectivity index (χ1) is 5.45. The van der Waals surface area contributed by atoms with Crippen molar-refractivity contribution in [2.75, 3.05) is 26.7 Å². The number of nitrogens with two attached hydrogens (primary N) is 1. The molecule has 0 aromatic rings. The van der Waals surface area contributed by atoms with Gasteiger partial charge in [-0.05, 0) is 13.8 Å². The molecule has 0 saturated heterocycles. The number of aliphatic hydroxyl groups is 1. The van der Waals surface area contributed by atoms with Crippen LogP contribution in [0.1, 0.15) is 13.8 Å². The van der Waals surface area contributed by atoms with Gasteiger partial charge < -0.3 is 15.7 Å². The summed E-state index contributed by atoms with van der Waals surface area (Å²) in [5.74, 6) is -0.0287. The van der Waals surface area contributed by atoms with E-state index in [2.05, 4.69) is 0 Å². The third-order valence-corrected chi connectivity index (χ3v) is 1.87. The largest absolute Gasteiger partial charge is 0.395 e. The molecule has 0 aliphatic rings. The molecule has 0 aliphatic carbocycles. The van der Waals surface area contributed by atoms with Crippen LogP contribution in [0.15, 0.2) is 0 Å². The Morgan fingerprint density at radius 1 is 1.58 bits per heavy atom. The Hall–Kier alpha value is -0.610. The fraction of sp³-hybridized carbons (Fsp3) is 0.875. The van der Waals surface area contributed by atoms with E-state index in [1.54, 1.807) is 20.9 Å². The molecule has 1 amide bonds. The summed E-state index contributed by atoms with van der Waals surface area (Å²) in [7, 11) is 1.66. The molecule has 0 radical (unpaired) electrons. The Bertz CT molecular complexity index is 157. The summed E-state index contributed by atoms with van der Waals surface area (Å²) in [5.41, 5.74) is 4.91. The molecule has 0 aromatic carbocycles. The van der Waals surface area contributed by atoms with Gasteiger partial charge in [0, 0.05) is 20.1 Å². The lowest BCUT2D eigenvalue weighted by molar-refractivity contribution is -0.138. The van der Waals surface area contributed by atoms with Crippen LogP contribution >= 0.6 is 0 Å². The summed E-state index contributed by atoms with van der Waals surface area (Å²) in [6, 6.07) is 0. The van der Waals surface area contributed by atoms with Gasteiger partial charge in [-0.2, -0.15) is 0 Å². The molecule has 4 heteroatoms. The molecule has 0 bridgehead atoms. The summed E-state index contributed by atoms with van der Waals surface area (Å²) < 4.78 is 0. The molecular weight excluding hydrogens is 156 g/mol. The Morgan fingerprint density at radius 3 is 2.42 bits per heavy atom. The molecule has 0 fully saturated rings. The van der Waals surface area contributed by atoms with Crippen LogP contribution in [0.25, 0.3) is 0 Å². The van der Waals surface area contributed by atoms with Crippen LogP contribution in [-0.2, 0) is 4.79 Å². The van der Waals surface area contributed by atoms with Crippen LogP contribution < -0.4 is 5.73 Å². The van der Waals surface area contributed by atoms with E-state index in [-0.39, 0.29) is 12.5 Å². The first kappa shape index (κ1) is 11.4. The number of likely N-dealkylation sites (N-methyl/N-ethyl adjacent to an activating group) is 1. The molecule has 0 rings (SSSR count). The molecule has 0 aromatic heterocycles. The monoisotopic (exact) mass is 174 g/mol. The fourth-order valence-corrected chi connectivity index (χ4v) is 0.856. The maximum absolute atomic E-state index is 11.5. The van der Waals surface area contributed by atoms with Gasteiger partial charge in [-0.15, -0.1) is 0 Å². The highest BCUT2D eigenvalue weighted by molar-refractivity contribution is 5.81. The highest BCUT2D eigenvalue weighted by Gasteiger charge is 2.28. The maximum Gasteiger partial charge on any atom is 0.229 e. The third-order valence-electron chi connectivity index (χ3n) is 1.87. The van der Waals surface area contributed by atoms with Gasteiger partial charge >= 0.3 is 0 Å². The predicted molar refractivity (Wildman–Crippen MR) is 47.6 cm³/mol. The van der Waals surface area contributed by atoms with E-state index in [0.29, 0.717) is 13.1 Å². The zero-order chi connectivity index (χ0) is 9.78. The maximum atomic E-state index is 11.5. The second kappa shape index (κ2) is 4.42. The molecule has 72 valence electrons. The zero-order valence-electron chi connectivity index (χ0n) is 8.00. The van der Waals surface area contributed by atoms with Crippen molar-refractivity contribution in [2.24, 2.45) is 11.1 Å². The van der Waals surface area contributed by atoms with E-state index in [0.717, 1.165) is 0 Å². The van der Waals surface area contributed by atoms with Gasteiger partial charge in [-0.25, -0.2) is 0 Å². The number of carbonyl (C=O) groups is 1. The van der Waals surface area contributed by atoms with Crippen molar-refractivity contribution in [2.45, 2.75) is 13.8 Å². The highest BCUT2D eigenvalue weighted by atomic mass is 16.3. The molecular formula is C8H18N2O2. The number of aliphatic hydroxyl groups excluding tert-OH is 1. The lowest BCUT2D eigenvalue weighted by Crippen LogP contribution is -2.43. The van der Waals surface area contributed by atoms with Crippen molar-refractivity contribution in [3.05, 3.63) is 0 Å². The Morgan fingerprint density at radius 2 is 2.08 bits per heavy atom. The van der Waals surface area contributed by atoms with Crippen LogP contribution in [0.3, 0.4) is 0 Å². The normalized spacial score (nSPS) is 11.4. The second-order valence-corrected chi connectivity index (χ2v) is 3.54. The minimum absolute atomic E-state index is 0.0110. The Labute approximate surface area is 73.3 Å². The first-order valence-electron chi connectivity index (χ1n) is 4.02. The lowest BCUT2D eigenvalue weighted by Gasteiger charge is -2.27. The summed E-state index contributed by atoms with van der Waals surface area (Å²) in [4.78, 5) is 13.0. The quantitative estimate of drug-likeness (QED) is 0.599. The van der Waals surface area contributed by atoms with Crippen LogP contribution in [0.2, 0.25) is 0 Å². The predicted octanol–water partition coefficient (Wildman–Crippen LogP) is -0.578. The summed E-state index contributed by atoms with van der Waals surface area (Å²) in [5, 5.41) is 8.60. The van der Waals surface area contributed by atoms with Gasteiger partial charge in [-0.1, -0.05) is 0 Å². The smallest absolute Gasteiger partial charge is 0.229 e. The summed E-state index contributed by atoms with van der Waals surface area (Å²) in [6.45, 7) is 4.26. The average molecular weight is 174 g/mol. The molecule has 0 unspecified atom stereocenters. The van der Waals surface area contributed by atoms with Crippen molar-refractivity contribution in [3.63, 3.8) is 0 Å². The van der Waals surface area contributed by atoms with Gasteiger partial charge in [0.25, 0.3) is 0 Å². The van der Waals surface area contributed by atoms with E-state index >= 15 is 0 Å². The molecule has 0 aliphatic heterocycles. The van der Waals surface area contributed by atoms with Crippen molar-refractivity contribution in [3.8, 4) is 0 Å². The highest BCUT2D eigenvalue weighted by Crippen LogP contribution is 2.15. The van der Waals surface area contributed by atoms with Gasteiger partial charge in [0.15, 0.2) is 0 Å². The molecule has 12 heavy (non-hydrogen) atoms. The number of rotatable bonds is 4. The van der Waals surface area contributed by atoms with Crippen LogP contribution in [-0.4, -0.2) is 42.7 Å². The zero-order valence-corrected chi connectivity index (χ0v) is 8.00. The minimum atomic E-state index is -0.524. The molecule has 3 N–H and O–H groups in total. The Kier molecular flexibility index (Phi) is 4.20. The van der Waals surface area contributed by atoms with Crippen LogP contribution in [0, 0.1) is 5.41 Å². The Balaban J connectivity index is 4.18. The second-order valence-electron chi connectivity index (χ2n) is 3.54. The van der Waals surface area contributed by atoms with Crippen LogP contribution in [0.4, 0.5) is 0 Å². The fourth-order valence-electron chi connectivity index (χ4n) is 0.856. The topological polar surface area (TPSA) is 66.6 Å². The lowest BCUT2D eigenvalue weighted by atomic mass is 9.92. The first-order valence-corrected chi connectivity index (χ1v) is 4.02. The number of hydrogen-bond acceptors (Lipinski definition) is 3. The van der Waals surface area contributed by atoms with Crippen molar-refractivity contribution < 1.29 is 9.90 Å². The molecule has 0 saturated carbocycles. The molecule has 0 heterocycles. The van der Waals surface area contributed by atoms with Crippen LogP contribution in [0.5, 0.6) is 0 Å². The van der Waals surface area contributed by atoms with Crippen molar-refractivity contribution >= 4 is 5.91 Å². The summed E-state index contributed by atoms with van der Waals surface area (Å²) in [6.07, 6.45) is 0. The SMILES string of the molecule is CN(CCO)C(=O)C(C)(C)CN. The summed E-state index contributed by atoms with van der Waals surface area (Å²) >= 11 is 0. The standard InChI is InChI=1S/C8H18N2O2/c1-8(2,6-9)7(12)10(3)4-5-11/h11H,4-6,9H2,1-3H3. The van der Waals surface area contributed by atoms with Crippen molar-refractivity contribution in [1.29, 1.82) is 0 Å². The van der Waals surface area contributed by atoms with Gasteiger partial charge in [0.1, 0.15) is 0 Å². The minimum Gasteiger partial charge on any atom is -0.395 e. The average Bonchev–Trinajstić information content (AvgIpc) is 2.03. The van der Waals surface area contributed by atoms with E-state index in [9.17, 15) is 4.79 Å².